The summed E-state index contributed by atoms with van der Waals surface area (Å²) in [6.45, 7) is 10.2. The summed E-state index contributed by atoms with van der Waals surface area (Å²) < 4.78 is 59.6. The molecule has 0 bridgehead atoms. The normalized spacial score (nSPS) is 27.7. The number of nitrogens with zero attached hydrogens (tertiary/aromatic N) is 4. The minimum atomic E-state index is -4.44. The van der Waals surface area contributed by atoms with E-state index < -0.39 is 111 Å². The molecule has 1 amide bonds. The van der Waals surface area contributed by atoms with E-state index in [-0.39, 0.29) is 43.2 Å². The Bertz CT molecular complexity index is 1830. The molecule has 2 aromatic rings. The molecule has 0 spiro atoms. The Hall–Kier alpha value is -4.02. The van der Waals surface area contributed by atoms with Crippen LogP contribution in [0.5, 0.6) is 0 Å². The Morgan fingerprint density at radius 2 is 1.71 bits per heavy atom. The number of anilines is 1. The molecule has 2 saturated heterocycles. The van der Waals surface area contributed by atoms with Gasteiger partial charge in [-0.1, -0.05) is 0 Å². The summed E-state index contributed by atoms with van der Waals surface area (Å²) in [5, 5.41) is 23.9. The molecule has 9 atom stereocenters. The van der Waals surface area contributed by atoms with Gasteiger partial charge in [0.1, 0.15) is 31.2 Å². The van der Waals surface area contributed by atoms with E-state index in [1.807, 2.05) is 0 Å². The van der Waals surface area contributed by atoms with E-state index in [1.54, 1.807) is 32.4 Å². The van der Waals surface area contributed by atoms with Gasteiger partial charge in [0.05, 0.1) is 25.9 Å². The first kappa shape index (κ1) is 44.7. The van der Waals surface area contributed by atoms with Crippen LogP contribution >= 0.6 is 7.52 Å². The van der Waals surface area contributed by atoms with Crippen molar-refractivity contribution in [3.05, 3.63) is 16.7 Å². The first-order chi connectivity index (χ1) is 26.3. The predicted octanol–water partition coefficient (Wildman–Crippen LogP) is -0.154. The van der Waals surface area contributed by atoms with Crippen LogP contribution in [-0.2, 0) is 62.2 Å². The van der Waals surface area contributed by atoms with Crippen molar-refractivity contribution in [1.82, 2.24) is 29.5 Å². The highest BCUT2D eigenvalue weighted by molar-refractivity contribution is 7.57. The van der Waals surface area contributed by atoms with Gasteiger partial charge in [0.15, 0.2) is 29.7 Å². The number of hydrogen-bond donors (Lipinski definition) is 5. The standard InChI is InChI=1S/C33H52N7O15P/c1-16(2)40(17(3)4)56(48,33(12-22(46)23(13-41)55-33)39-15-35-26-29(39)37-32(34)38-30(26)47)51-11-9-10-49-31-25(36-18(5)42)28(53-21(8)45)27(52-20(7)44)24(54-31)14-50-19(6)43/h15-17,22-25,27-28,31,41,46H,9-14H2,1-8H3,(H,36,42)(H3,34,37,38,47)/t22-,23+,24+,25+,27+,28+,31+,33-,56?/m0/s1. The van der Waals surface area contributed by atoms with Crippen molar-refractivity contribution in [2.24, 2.45) is 0 Å². The van der Waals surface area contributed by atoms with Crippen molar-refractivity contribution in [3.8, 4) is 0 Å². The van der Waals surface area contributed by atoms with E-state index in [0.29, 0.717) is 0 Å². The Kier molecular flexibility index (Phi) is 14.8. The number of aromatic amines is 1. The fourth-order valence-electron chi connectivity index (χ4n) is 7.02. The number of esters is 3. The molecule has 314 valence electrons. The summed E-state index contributed by atoms with van der Waals surface area (Å²) in [6, 6.07) is -2.13. The number of nitrogen functional groups attached to an aromatic ring is 1. The van der Waals surface area contributed by atoms with Crippen molar-refractivity contribution < 1.29 is 66.9 Å². The van der Waals surface area contributed by atoms with Gasteiger partial charge < -0.3 is 54.2 Å². The molecule has 6 N–H and O–H groups in total. The SMILES string of the molecule is CC(=O)N[C@H]1[C@H](OCCCOP(=O)(N(C(C)C)C(C)C)[C@]2(n3cnc4c(=O)[nH]c(N)nc43)C[C@H](O)[C@@H](CO)O2)O[C@H](COC(C)=O)[C@@H](OC(C)=O)[C@@H]1OC(C)=O. The summed E-state index contributed by atoms with van der Waals surface area (Å²) >= 11 is 0. The quantitative estimate of drug-likeness (QED) is 0.0600. The first-order valence-corrected chi connectivity index (χ1v) is 19.6. The van der Waals surface area contributed by atoms with Crippen LogP contribution < -0.4 is 16.6 Å². The summed E-state index contributed by atoms with van der Waals surface area (Å²) in [7, 11) is -4.44. The second kappa shape index (κ2) is 18.5. The summed E-state index contributed by atoms with van der Waals surface area (Å²) in [5.74, 6) is -3.04. The van der Waals surface area contributed by atoms with Crippen LogP contribution in [0.3, 0.4) is 0 Å². The lowest BCUT2D eigenvalue weighted by Crippen LogP contribution is -2.66. The zero-order valence-corrected chi connectivity index (χ0v) is 33.4. The number of amides is 1. The number of hydrogen-bond acceptors (Lipinski definition) is 18. The molecule has 2 aromatic heterocycles. The second-order valence-corrected chi connectivity index (χ2v) is 16.4. The Labute approximate surface area is 322 Å². The Morgan fingerprint density at radius 1 is 1.07 bits per heavy atom. The van der Waals surface area contributed by atoms with Crippen LogP contribution in [0.2, 0.25) is 0 Å². The summed E-state index contributed by atoms with van der Waals surface area (Å²) in [5.41, 5.74) is 2.86. The first-order valence-electron chi connectivity index (χ1n) is 18.0. The zero-order valence-electron chi connectivity index (χ0n) is 32.5. The molecule has 23 heteroatoms. The molecule has 0 aromatic carbocycles. The molecular weight excluding hydrogens is 765 g/mol. The maximum atomic E-state index is 15.9. The van der Waals surface area contributed by atoms with Crippen LogP contribution in [-0.4, -0.2) is 140 Å². The number of rotatable bonds is 17. The third-order valence-corrected chi connectivity index (χ3v) is 12.4. The molecule has 2 aliphatic rings. The number of H-pyrrole nitrogens is 1. The third kappa shape index (κ3) is 9.56. The largest absolute Gasteiger partial charge is 0.463 e. The van der Waals surface area contributed by atoms with Crippen molar-refractivity contribution in [3.63, 3.8) is 0 Å². The average Bonchev–Trinajstić information content (AvgIpc) is 3.67. The van der Waals surface area contributed by atoms with Crippen molar-refractivity contribution in [2.45, 2.75) is 129 Å². The van der Waals surface area contributed by atoms with Crippen LogP contribution in [0.25, 0.3) is 11.2 Å². The number of nitrogens with one attached hydrogen (secondary N) is 2. The fourth-order valence-corrected chi connectivity index (χ4v) is 10.4. The van der Waals surface area contributed by atoms with Crippen molar-refractivity contribution >= 4 is 48.4 Å². The lowest BCUT2D eigenvalue weighted by Gasteiger charge is -2.46. The molecule has 0 aliphatic carbocycles. The van der Waals surface area contributed by atoms with Gasteiger partial charge in [0.2, 0.25) is 17.3 Å². The number of carbonyl (C=O) groups is 4. The number of aromatic nitrogens is 4. The molecule has 4 heterocycles. The maximum Gasteiger partial charge on any atom is 0.325 e. The number of ether oxygens (including phenoxy) is 6. The highest BCUT2D eigenvalue weighted by atomic mass is 31.2. The van der Waals surface area contributed by atoms with E-state index in [0.717, 1.165) is 20.8 Å². The molecule has 4 rings (SSSR count). The minimum absolute atomic E-state index is 0.0124. The van der Waals surface area contributed by atoms with Crippen LogP contribution in [0.15, 0.2) is 11.1 Å². The third-order valence-electron chi connectivity index (χ3n) is 8.94. The summed E-state index contributed by atoms with van der Waals surface area (Å²) in [6.07, 6.45) is -6.95. The smallest absolute Gasteiger partial charge is 0.325 e. The molecule has 2 aliphatic heterocycles. The van der Waals surface area contributed by atoms with E-state index in [4.69, 9.17) is 38.7 Å². The minimum Gasteiger partial charge on any atom is -0.463 e. The van der Waals surface area contributed by atoms with Gasteiger partial charge in [-0.05, 0) is 34.1 Å². The van der Waals surface area contributed by atoms with E-state index in [2.05, 4.69) is 20.3 Å². The van der Waals surface area contributed by atoms with Crippen LogP contribution in [0, 0.1) is 0 Å². The number of aliphatic hydroxyl groups is 2. The molecule has 2 fully saturated rings. The molecule has 22 nitrogen and oxygen atoms in total. The van der Waals surface area contributed by atoms with Crippen molar-refractivity contribution in [2.75, 3.05) is 32.2 Å². The molecular formula is C33H52N7O15P. The van der Waals surface area contributed by atoms with Gasteiger partial charge in [-0.25, -0.2) is 9.65 Å². The van der Waals surface area contributed by atoms with E-state index >= 15 is 4.57 Å². The Morgan fingerprint density at radius 3 is 2.27 bits per heavy atom. The van der Waals surface area contributed by atoms with Crippen LogP contribution in [0.1, 0.15) is 68.2 Å². The second-order valence-electron chi connectivity index (χ2n) is 14.0. The van der Waals surface area contributed by atoms with Gasteiger partial charge in [-0.2, -0.15) is 4.98 Å². The number of fused-ring (bicyclic) bond motifs is 1. The fraction of sp³-hybridized carbons (Fsp3) is 0.727. The topological polar surface area (TPSA) is 295 Å². The van der Waals surface area contributed by atoms with E-state index in [1.165, 1.54) is 17.8 Å². The average molecular weight is 818 g/mol. The van der Waals surface area contributed by atoms with Gasteiger partial charge in [-0.15, -0.1) is 0 Å². The van der Waals surface area contributed by atoms with E-state index in [9.17, 15) is 34.2 Å². The van der Waals surface area contributed by atoms with Crippen LogP contribution in [0.4, 0.5) is 5.95 Å². The molecule has 56 heavy (non-hydrogen) atoms. The van der Waals surface area contributed by atoms with Gasteiger partial charge in [0, 0.05) is 46.2 Å². The Balaban J connectivity index is 1.68. The number of imidazole rings is 1. The predicted molar refractivity (Wildman–Crippen MR) is 193 cm³/mol. The van der Waals surface area contributed by atoms with Crippen molar-refractivity contribution in [1.29, 1.82) is 0 Å². The highest BCUT2D eigenvalue weighted by Crippen LogP contribution is 2.70. The molecule has 0 radical (unpaired) electrons. The number of aliphatic hydroxyl groups excluding tert-OH is 2. The maximum absolute atomic E-state index is 15.9. The van der Waals surface area contributed by atoms with Gasteiger partial charge >= 0.3 is 25.4 Å². The number of carbonyl (C=O) groups excluding carboxylic acids is 4. The molecule has 1 unspecified atom stereocenters. The number of nitrogens with two attached hydrogens (primary N) is 1. The highest BCUT2D eigenvalue weighted by Gasteiger charge is 2.64. The summed E-state index contributed by atoms with van der Waals surface area (Å²) in [4.78, 5) is 71.9. The van der Waals surface area contributed by atoms with Gasteiger partial charge in [0.25, 0.3) is 5.56 Å². The monoisotopic (exact) mass is 817 g/mol. The lowest BCUT2D eigenvalue weighted by molar-refractivity contribution is -0.278. The molecule has 0 saturated carbocycles. The lowest BCUT2D eigenvalue weighted by atomic mass is 9.96. The zero-order chi connectivity index (χ0) is 41.7. The van der Waals surface area contributed by atoms with Gasteiger partial charge in [-0.3, -0.25) is 38.1 Å².